The van der Waals surface area contributed by atoms with Crippen LogP contribution in [0.5, 0.6) is 0 Å². The molecule has 2 aromatic rings. The summed E-state index contributed by atoms with van der Waals surface area (Å²) in [6.07, 6.45) is 0.184. The van der Waals surface area contributed by atoms with Gasteiger partial charge in [0.2, 0.25) is 5.91 Å². The third-order valence-corrected chi connectivity index (χ3v) is 4.64. The third kappa shape index (κ3) is 3.68. The van der Waals surface area contributed by atoms with E-state index in [-0.39, 0.29) is 29.2 Å². The van der Waals surface area contributed by atoms with Crippen molar-refractivity contribution >= 4 is 35.0 Å². The highest BCUT2D eigenvalue weighted by Crippen LogP contribution is 2.12. The van der Waals surface area contributed by atoms with Gasteiger partial charge >= 0.3 is 5.97 Å². The summed E-state index contributed by atoms with van der Waals surface area (Å²) in [5, 5.41) is 0.394. The number of ether oxygens (including phenoxy) is 2. The second-order valence-electron chi connectivity index (χ2n) is 5.88. The first-order valence-electron chi connectivity index (χ1n) is 8.22. The minimum atomic E-state index is -0.494. The van der Waals surface area contributed by atoms with E-state index in [9.17, 15) is 14.4 Å². The highest BCUT2D eigenvalue weighted by atomic mass is 32.1. The van der Waals surface area contributed by atoms with Crippen molar-refractivity contribution in [1.82, 2.24) is 14.5 Å². The van der Waals surface area contributed by atoms with E-state index in [1.54, 1.807) is 11.0 Å². The van der Waals surface area contributed by atoms with Gasteiger partial charge in [0, 0.05) is 26.1 Å². The number of nitrogens with zero attached hydrogens (tertiary/aromatic N) is 2. The van der Waals surface area contributed by atoms with Crippen molar-refractivity contribution < 1.29 is 19.1 Å². The lowest BCUT2D eigenvalue weighted by atomic mass is 10.1. The minimum Gasteiger partial charge on any atom is -0.465 e. The zero-order valence-electron chi connectivity index (χ0n) is 14.3. The molecule has 1 aliphatic rings. The van der Waals surface area contributed by atoms with Crippen molar-refractivity contribution in [2.24, 2.45) is 0 Å². The average Bonchev–Trinajstić information content (AvgIpc) is 2.67. The fourth-order valence-electron chi connectivity index (χ4n) is 2.88. The van der Waals surface area contributed by atoms with Gasteiger partial charge in [0.25, 0.3) is 5.56 Å². The Kier molecular flexibility index (Phi) is 5.48. The topological polar surface area (TPSA) is 93.6 Å². The number of hydrogen-bond donors (Lipinski definition) is 1. The first-order valence-corrected chi connectivity index (χ1v) is 8.63. The maximum Gasteiger partial charge on any atom is 0.337 e. The van der Waals surface area contributed by atoms with Crippen LogP contribution < -0.4 is 5.56 Å². The summed E-state index contributed by atoms with van der Waals surface area (Å²) in [4.78, 5) is 41.3. The average molecular weight is 377 g/mol. The molecular formula is C17H19N3O5S. The number of rotatable bonds is 4. The van der Waals surface area contributed by atoms with Gasteiger partial charge in [-0.2, -0.15) is 0 Å². The maximum absolute atomic E-state index is 12.7. The van der Waals surface area contributed by atoms with E-state index >= 15 is 0 Å². The van der Waals surface area contributed by atoms with Crippen molar-refractivity contribution in [2.75, 3.05) is 33.4 Å². The van der Waals surface area contributed by atoms with Crippen molar-refractivity contribution in [1.29, 1.82) is 0 Å². The number of carbonyl (C=O) groups excluding carboxylic acids is 2. The number of nitrogens with one attached hydrogen (secondary N) is 1. The molecule has 0 unspecified atom stereocenters. The molecule has 1 fully saturated rings. The number of amides is 1. The van der Waals surface area contributed by atoms with Gasteiger partial charge in [0.1, 0.15) is 0 Å². The second kappa shape index (κ2) is 7.79. The summed E-state index contributed by atoms with van der Waals surface area (Å²) in [7, 11) is 1.29. The molecule has 1 aliphatic heterocycles. The minimum absolute atomic E-state index is 0.0317. The molecule has 1 saturated heterocycles. The number of esters is 1. The predicted molar refractivity (Wildman–Crippen MR) is 96.7 cm³/mol. The largest absolute Gasteiger partial charge is 0.465 e. The number of methoxy groups -OCH3 is 1. The Balaban J connectivity index is 1.85. The number of benzene rings is 1. The summed E-state index contributed by atoms with van der Waals surface area (Å²) in [6.45, 7) is 2.39. The van der Waals surface area contributed by atoms with E-state index in [0.29, 0.717) is 42.8 Å². The van der Waals surface area contributed by atoms with E-state index in [4.69, 9.17) is 17.0 Å². The molecule has 0 atom stereocenters. The number of hydrogen-bond acceptors (Lipinski definition) is 6. The normalized spacial score (nSPS) is 14.4. The molecule has 138 valence electrons. The molecule has 26 heavy (non-hydrogen) atoms. The number of H-pyrrole nitrogens is 1. The van der Waals surface area contributed by atoms with Crippen LogP contribution in [0.15, 0.2) is 23.0 Å². The zero-order chi connectivity index (χ0) is 18.7. The molecule has 0 spiro atoms. The Morgan fingerprint density at radius 3 is 2.73 bits per heavy atom. The second-order valence-corrected chi connectivity index (χ2v) is 6.27. The van der Waals surface area contributed by atoms with Crippen LogP contribution in [0.25, 0.3) is 10.9 Å². The molecule has 2 heterocycles. The Morgan fingerprint density at radius 1 is 1.31 bits per heavy atom. The van der Waals surface area contributed by atoms with Gasteiger partial charge in [-0.25, -0.2) is 4.79 Å². The molecule has 1 aromatic heterocycles. The summed E-state index contributed by atoms with van der Waals surface area (Å²) < 4.78 is 11.5. The molecule has 0 saturated carbocycles. The molecule has 1 aromatic carbocycles. The van der Waals surface area contributed by atoms with E-state index < -0.39 is 5.97 Å². The van der Waals surface area contributed by atoms with Crippen molar-refractivity contribution in [3.8, 4) is 0 Å². The smallest absolute Gasteiger partial charge is 0.337 e. The first kappa shape index (κ1) is 18.3. The lowest BCUT2D eigenvalue weighted by Gasteiger charge is -2.26. The Bertz CT molecular complexity index is 959. The van der Waals surface area contributed by atoms with Gasteiger partial charge in [-0.05, 0) is 30.4 Å². The molecular weight excluding hydrogens is 358 g/mol. The molecule has 1 N–H and O–H groups in total. The number of morpholine rings is 1. The molecule has 0 aliphatic carbocycles. The van der Waals surface area contributed by atoms with Crippen molar-refractivity contribution in [3.05, 3.63) is 38.9 Å². The highest BCUT2D eigenvalue weighted by molar-refractivity contribution is 7.71. The quantitative estimate of drug-likeness (QED) is 0.633. The first-order chi connectivity index (χ1) is 12.5. The molecule has 0 radical (unpaired) electrons. The zero-order valence-corrected chi connectivity index (χ0v) is 15.1. The lowest BCUT2D eigenvalue weighted by Crippen LogP contribution is -2.41. The number of aromatic amines is 1. The van der Waals surface area contributed by atoms with Crippen molar-refractivity contribution in [2.45, 2.75) is 13.0 Å². The molecule has 9 heteroatoms. The van der Waals surface area contributed by atoms with E-state index in [0.717, 1.165) is 0 Å². The molecule has 1 amide bonds. The third-order valence-electron chi connectivity index (χ3n) is 4.32. The SMILES string of the molecule is COC(=O)c1ccc2c(=O)n(CCC(=O)N3CCOCC3)c(=S)[nH]c2c1. The van der Waals surface area contributed by atoms with Crippen LogP contribution in [0.3, 0.4) is 0 Å². The number of fused-ring (bicyclic) bond motifs is 1. The van der Waals surface area contributed by atoms with Crippen molar-refractivity contribution in [3.63, 3.8) is 0 Å². The van der Waals surface area contributed by atoms with Crippen LogP contribution in [0.1, 0.15) is 16.8 Å². The fourth-order valence-corrected chi connectivity index (χ4v) is 3.16. The van der Waals surface area contributed by atoms with E-state index in [1.165, 1.54) is 23.8 Å². The Morgan fingerprint density at radius 2 is 2.04 bits per heavy atom. The Labute approximate surface area is 154 Å². The van der Waals surface area contributed by atoms with Crippen LogP contribution in [0.4, 0.5) is 0 Å². The monoisotopic (exact) mass is 377 g/mol. The standard InChI is InChI=1S/C17H19N3O5S/c1-24-16(23)11-2-3-12-13(10-11)18-17(26)20(15(12)22)5-4-14(21)19-6-8-25-9-7-19/h2-3,10H,4-9H2,1H3,(H,18,26). The molecule has 0 bridgehead atoms. The van der Waals surface area contributed by atoms with Gasteiger partial charge < -0.3 is 19.4 Å². The predicted octanol–water partition coefficient (Wildman–Crippen LogP) is 1.09. The number of aromatic nitrogens is 2. The van der Waals surface area contributed by atoms with Gasteiger partial charge in [0.05, 0.1) is 36.8 Å². The highest BCUT2D eigenvalue weighted by Gasteiger charge is 2.17. The molecule has 3 rings (SSSR count). The van der Waals surface area contributed by atoms with E-state index in [1.807, 2.05) is 0 Å². The fraction of sp³-hybridized carbons (Fsp3) is 0.412. The summed E-state index contributed by atoms with van der Waals surface area (Å²) in [5.41, 5.74) is 0.485. The van der Waals surface area contributed by atoms with Crippen LogP contribution in [0.2, 0.25) is 0 Å². The molecule has 8 nitrogen and oxygen atoms in total. The summed E-state index contributed by atoms with van der Waals surface area (Å²) in [6, 6.07) is 4.60. The van der Waals surface area contributed by atoms with Crippen LogP contribution in [0, 0.1) is 4.77 Å². The summed E-state index contributed by atoms with van der Waals surface area (Å²) >= 11 is 5.26. The number of carbonyl (C=O) groups is 2. The van der Waals surface area contributed by atoms with Gasteiger partial charge in [-0.15, -0.1) is 0 Å². The van der Waals surface area contributed by atoms with E-state index in [2.05, 4.69) is 9.72 Å². The van der Waals surface area contributed by atoms with Crippen LogP contribution >= 0.6 is 12.2 Å². The van der Waals surface area contributed by atoms with Gasteiger partial charge in [-0.1, -0.05) is 0 Å². The summed E-state index contributed by atoms with van der Waals surface area (Å²) in [5.74, 6) is -0.526. The van der Waals surface area contributed by atoms with Gasteiger partial charge in [-0.3, -0.25) is 14.2 Å². The van der Waals surface area contributed by atoms with Gasteiger partial charge in [0.15, 0.2) is 4.77 Å². The lowest BCUT2D eigenvalue weighted by molar-refractivity contribution is -0.135. The Hall–Kier alpha value is -2.52. The maximum atomic E-state index is 12.7. The van der Waals surface area contributed by atoms with Crippen LogP contribution in [-0.4, -0.2) is 59.7 Å². The van der Waals surface area contributed by atoms with Crippen LogP contribution in [-0.2, 0) is 20.8 Å².